The third-order valence-corrected chi connectivity index (χ3v) is 6.20. The number of hydrogen-bond donors (Lipinski definition) is 0. The molecule has 4 rings (SSSR count). The summed E-state index contributed by atoms with van der Waals surface area (Å²) in [5, 5.41) is 9.77. The fraction of sp³-hybridized carbons (Fsp3) is 0.320. The van der Waals surface area contributed by atoms with Crippen LogP contribution in [0.3, 0.4) is 0 Å². The molecule has 0 aliphatic carbocycles. The zero-order chi connectivity index (χ0) is 20.9. The highest BCUT2D eigenvalue weighted by Gasteiger charge is 2.27. The first-order valence-electron chi connectivity index (χ1n) is 10.4. The van der Waals surface area contributed by atoms with Crippen molar-refractivity contribution in [1.29, 1.82) is 5.26 Å². The van der Waals surface area contributed by atoms with Crippen molar-refractivity contribution in [3.05, 3.63) is 88.3 Å². The van der Waals surface area contributed by atoms with Gasteiger partial charge in [0.2, 0.25) is 0 Å². The fourth-order valence-corrected chi connectivity index (χ4v) is 4.44. The average Bonchev–Trinajstić information content (AvgIpc) is 3.26. The number of anilines is 1. The first kappa shape index (κ1) is 20.5. The molecule has 2 heterocycles. The van der Waals surface area contributed by atoms with Crippen LogP contribution in [0.1, 0.15) is 35.3 Å². The van der Waals surface area contributed by atoms with Gasteiger partial charge in [-0.25, -0.2) is 0 Å². The lowest BCUT2D eigenvalue weighted by atomic mass is 10.0. The summed E-state index contributed by atoms with van der Waals surface area (Å²) in [6, 6.07) is 20.8. The summed E-state index contributed by atoms with van der Waals surface area (Å²) in [5.74, 6) is 1.00. The molecule has 0 N–H and O–H groups in total. The smallest absolute Gasteiger partial charge is 0.117 e. The lowest BCUT2D eigenvalue weighted by Crippen LogP contribution is -2.47. The predicted octanol–water partition coefficient (Wildman–Crippen LogP) is 5.78. The largest absolute Gasteiger partial charge is 0.468 e. The van der Waals surface area contributed by atoms with E-state index in [1.807, 2.05) is 30.3 Å². The van der Waals surface area contributed by atoms with Gasteiger partial charge in [-0.15, -0.1) is 0 Å². The van der Waals surface area contributed by atoms with Gasteiger partial charge >= 0.3 is 0 Å². The lowest BCUT2D eigenvalue weighted by molar-refractivity contribution is 0.183. The minimum absolute atomic E-state index is 0.359. The van der Waals surface area contributed by atoms with Crippen molar-refractivity contribution < 1.29 is 4.42 Å². The van der Waals surface area contributed by atoms with Crippen LogP contribution in [-0.2, 0) is 13.1 Å². The third kappa shape index (κ3) is 4.70. The molecule has 0 radical (unpaired) electrons. The Bertz CT molecular complexity index is 1030. The van der Waals surface area contributed by atoms with Gasteiger partial charge in [0.1, 0.15) is 11.8 Å². The van der Waals surface area contributed by atoms with Crippen molar-refractivity contribution in [2.75, 3.05) is 18.0 Å². The van der Waals surface area contributed by atoms with E-state index in [2.05, 4.69) is 47.1 Å². The Morgan fingerprint density at radius 2 is 2.07 bits per heavy atom. The Balaban J connectivity index is 1.61. The predicted molar refractivity (Wildman–Crippen MR) is 121 cm³/mol. The molecule has 4 nitrogen and oxygen atoms in total. The second kappa shape index (κ2) is 9.38. The standard InChI is InChI=1S/C25H26ClN3O/c1-19-6-2-3-7-21(19)16-29(22-11-10-20(15-27)25(26)14-22)23-8-4-12-28(17-23)18-24-9-5-13-30-24/h2-3,5-7,9-11,13-14,23H,4,8,12,16-18H2,1H3. The maximum Gasteiger partial charge on any atom is 0.117 e. The topological polar surface area (TPSA) is 43.4 Å². The fourth-order valence-electron chi connectivity index (χ4n) is 4.23. The molecule has 0 spiro atoms. The molecule has 154 valence electrons. The molecule has 1 saturated heterocycles. The Kier molecular flexibility index (Phi) is 6.42. The van der Waals surface area contributed by atoms with Gasteiger partial charge in [-0.05, 0) is 67.8 Å². The van der Waals surface area contributed by atoms with Crippen molar-refractivity contribution in [3.63, 3.8) is 0 Å². The van der Waals surface area contributed by atoms with E-state index in [1.54, 1.807) is 6.26 Å². The van der Waals surface area contributed by atoms with Gasteiger partial charge in [0.25, 0.3) is 0 Å². The molecule has 0 amide bonds. The van der Waals surface area contributed by atoms with E-state index < -0.39 is 0 Å². The number of likely N-dealkylation sites (tertiary alicyclic amines) is 1. The van der Waals surface area contributed by atoms with Crippen LogP contribution in [0.25, 0.3) is 0 Å². The van der Waals surface area contributed by atoms with E-state index in [9.17, 15) is 5.26 Å². The Hall–Kier alpha value is -2.74. The van der Waals surface area contributed by atoms with E-state index in [0.717, 1.165) is 50.5 Å². The van der Waals surface area contributed by atoms with Crippen molar-refractivity contribution in [1.82, 2.24) is 4.90 Å². The Morgan fingerprint density at radius 1 is 1.20 bits per heavy atom. The molecular formula is C25H26ClN3O. The Labute approximate surface area is 183 Å². The molecule has 1 aliphatic rings. The van der Waals surface area contributed by atoms with Crippen LogP contribution < -0.4 is 4.90 Å². The number of halogens is 1. The van der Waals surface area contributed by atoms with Crippen LogP contribution in [0.15, 0.2) is 65.3 Å². The number of aryl methyl sites for hydroxylation is 1. The van der Waals surface area contributed by atoms with Gasteiger partial charge in [0, 0.05) is 24.8 Å². The summed E-state index contributed by atoms with van der Waals surface area (Å²) in [6.45, 7) is 5.83. The number of nitriles is 1. The second-order valence-corrected chi connectivity index (χ2v) is 8.35. The summed E-state index contributed by atoms with van der Waals surface area (Å²) < 4.78 is 5.57. The molecule has 0 saturated carbocycles. The molecule has 1 aromatic heterocycles. The monoisotopic (exact) mass is 419 g/mol. The van der Waals surface area contributed by atoms with Crippen molar-refractivity contribution in [3.8, 4) is 6.07 Å². The van der Waals surface area contributed by atoms with Gasteiger partial charge in [-0.3, -0.25) is 4.90 Å². The molecule has 3 aromatic rings. The summed E-state index contributed by atoms with van der Waals surface area (Å²) in [7, 11) is 0. The number of furan rings is 1. The molecule has 1 atom stereocenters. The van der Waals surface area contributed by atoms with Crippen LogP contribution in [0, 0.1) is 18.3 Å². The third-order valence-electron chi connectivity index (χ3n) is 5.89. The van der Waals surface area contributed by atoms with Gasteiger partial charge in [-0.1, -0.05) is 35.9 Å². The Morgan fingerprint density at radius 3 is 2.80 bits per heavy atom. The molecule has 1 unspecified atom stereocenters. The normalized spacial score (nSPS) is 16.9. The highest BCUT2D eigenvalue weighted by atomic mass is 35.5. The molecule has 5 heteroatoms. The van der Waals surface area contributed by atoms with Crippen LogP contribution in [0.5, 0.6) is 0 Å². The minimum Gasteiger partial charge on any atom is -0.468 e. The van der Waals surface area contributed by atoms with Crippen molar-refractivity contribution in [2.24, 2.45) is 0 Å². The number of piperidine rings is 1. The molecule has 1 aliphatic heterocycles. The van der Waals surface area contributed by atoms with Gasteiger partial charge in [0.15, 0.2) is 0 Å². The number of benzene rings is 2. The molecular weight excluding hydrogens is 394 g/mol. The average molecular weight is 420 g/mol. The van der Waals surface area contributed by atoms with Gasteiger partial charge < -0.3 is 9.32 Å². The number of hydrogen-bond acceptors (Lipinski definition) is 4. The molecule has 2 aromatic carbocycles. The van der Waals surface area contributed by atoms with E-state index in [0.29, 0.717) is 16.6 Å². The highest BCUT2D eigenvalue weighted by Crippen LogP contribution is 2.30. The summed E-state index contributed by atoms with van der Waals surface area (Å²) in [6.07, 6.45) is 4.00. The number of nitrogens with zero attached hydrogens (tertiary/aromatic N) is 3. The second-order valence-electron chi connectivity index (χ2n) is 7.94. The van der Waals surface area contributed by atoms with Crippen molar-refractivity contribution >= 4 is 17.3 Å². The quantitative estimate of drug-likeness (QED) is 0.507. The zero-order valence-electron chi connectivity index (χ0n) is 17.2. The zero-order valence-corrected chi connectivity index (χ0v) is 18.0. The first-order chi connectivity index (χ1) is 14.6. The van der Waals surface area contributed by atoms with Crippen LogP contribution in [-0.4, -0.2) is 24.0 Å². The van der Waals surface area contributed by atoms with E-state index >= 15 is 0 Å². The van der Waals surface area contributed by atoms with Crippen LogP contribution in [0.4, 0.5) is 5.69 Å². The molecule has 0 bridgehead atoms. The van der Waals surface area contributed by atoms with E-state index in [4.69, 9.17) is 16.0 Å². The first-order valence-corrected chi connectivity index (χ1v) is 10.8. The maximum atomic E-state index is 9.26. The summed E-state index contributed by atoms with van der Waals surface area (Å²) in [4.78, 5) is 4.91. The van der Waals surface area contributed by atoms with Gasteiger partial charge in [-0.2, -0.15) is 5.26 Å². The number of rotatable bonds is 6. The van der Waals surface area contributed by atoms with Crippen LogP contribution in [0.2, 0.25) is 5.02 Å². The van der Waals surface area contributed by atoms with E-state index in [-0.39, 0.29) is 0 Å². The molecule has 30 heavy (non-hydrogen) atoms. The van der Waals surface area contributed by atoms with Crippen LogP contribution >= 0.6 is 11.6 Å². The molecule has 1 fully saturated rings. The lowest BCUT2D eigenvalue weighted by Gasteiger charge is -2.41. The van der Waals surface area contributed by atoms with E-state index in [1.165, 1.54) is 11.1 Å². The van der Waals surface area contributed by atoms with Crippen molar-refractivity contribution in [2.45, 2.75) is 38.9 Å². The highest BCUT2D eigenvalue weighted by molar-refractivity contribution is 6.32. The maximum absolute atomic E-state index is 9.26. The summed E-state index contributed by atoms with van der Waals surface area (Å²) in [5.41, 5.74) is 4.16. The SMILES string of the molecule is Cc1ccccc1CN(c1ccc(C#N)c(Cl)c1)C1CCCN(Cc2ccco2)C1. The van der Waals surface area contributed by atoms with Gasteiger partial charge in [0.05, 0.1) is 23.4 Å². The minimum atomic E-state index is 0.359. The summed E-state index contributed by atoms with van der Waals surface area (Å²) >= 11 is 6.40.